The van der Waals surface area contributed by atoms with Crippen molar-refractivity contribution in [1.82, 2.24) is 0 Å². The summed E-state index contributed by atoms with van der Waals surface area (Å²) in [6.07, 6.45) is 0. The molecule has 2 N–H and O–H groups in total. The average molecular weight is 366 g/mol. The van der Waals surface area contributed by atoms with E-state index in [1.165, 1.54) is 6.92 Å². The molecule has 0 bridgehead atoms. The SMILES string of the molecule is CC(=O)c1ccc(NC(=O)C[NH+](C)Cc2ccc(Cl)cc2Cl)cc1. The highest BCUT2D eigenvalue weighted by atomic mass is 35.5. The van der Waals surface area contributed by atoms with Crippen molar-refractivity contribution in [3.05, 3.63) is 63.6 Å². The number of halogens is 2. The summed E-state index contributed by atoms with van der Waals surface area (Å²) in [5.41, 5.74) is 2.23. The number of nitrogens with one attached hydrogen (secondary N) is 2. The number of rotatable bonds is 6. The van der Waals surface area contributed by atoms with Crippen molar-refractivity contribution in [2.75, 3.05) is 18.9 Å². The van der Waals surface area contributed by atoms with Crippen LogP contribution in [-0.4, -0.2) is 25.3 Å². The highest BCUT2D eigenvalue weighted by Crippen LogP contribution is 2.20. The molecule has 0 saturated heterocycles. The van der Waals surface area contributed by atoms with Gasteiger partial charge in [-0.25, -0.2) is 0 Å². The highest BCUT2D eigenvalue weighted by Gasteiger charge is 2.13. The van der Waals surface area contributed by atoms with Gasteiger partial charge in [0.15, 0.2) is 12.3 Å². The number of quaternary nitrogens is 1. The molecule has 126 valence electrons. The predicted molar refractivity (Wildman–Crippen MR) is 97.0 cm³/mol. The second-order valence-electron chi connectivity index (χ2n) is 5.73. The van der Waals surface area contributed by atoms with Crippen LogP contribution in [0, 0.1) is 0 Å². The standard InChI is InChI=1S/C18H18Cl2N2O2/c1-12(23)13-4-7-16(8-5-13)21-18(24)11-22(2)10-14-3-6-15(19)9-17(14)20/h3-9H,10-11H2,1-2H3,(H,21,24)/p+1. The van der Waals surface area contributed by atoms with E-state index >= 15 is 0 Å². The molecule has 0 spiro atoms. The smallest absolute Gasteiger partial charge is 0.279 e. The van der Waals surface area contributed by atoms with E-state index in [1.54, 1.807) is 36.4 Å². The Morgan fingerprint density at radius 2 is 1.75 bits per heavy atom. The lowest BCUT2D eigenvalue weighted by molar-refractivity contribution is -0.885. The normalized spacial score (nSPS) is 11.8. The van der Waals surface area contributed by atoms with Crippen molar-refractivity contribution in [3.8, 4) is 0 Å². The lowest BCUT2D eigenvalue weighted by Gasteiger charge is -2.15. The molecule has 6 heteroatoms. The topological polar surface area (TPSA) is 50.6 Å². The van der Waals surface area contributed by atoms with Crippen LogP contribution in [0.25, 0.3) is 0 Å². The van der Waals surface area contributed by atoms with Crippen LogP contribution in [0.3, 0.4) is 0 Å². The molecule has 1 atom stereocenters. The summed E-state index contributed by atoms with van der Waals surface area (Å²) < 4.78 is 0. The van der Waals surface area contributed by atoms with Gasteiger partial charge in [0.2, 0.25) is 0 Å². The molecule has 0 aliphatic carbocycles. The third-order valence-electron chi connectivity index (χ3n) is 3.54. The lowest BCUT2D eigenvalue weighted by Crippen LogP contribution is -3.08. The third kappa shape index (κ3) is 5.34. The zero-order valence-electron chi connectivity index (χ0n) is 13.5. The van der Waals surface area contributed by atoms with Gasteiger partial charge >= 0.3 is 0 Å². The summed E-state index contributed by atoms with van der Waals surface area (Å²) in [5, 5.41) is 4.01. The number of amides is 1. The summed E-state index contributed by atoms with van der Waals surface area (Å²) >= 11 is 12.0. The van der Waals surface area contributed by atoms with E-state index < -0.39 is 0 Å². The molecule has 0 aliphatic heterocycles. The van der Waals surface area contributed by atoms with Gasteiger partial charge in [-0.3, -0.25) is 9.59 Å². The monoisotopic (exact) mass is 365 g/mol. The van der Waals surface area contributed by atoms with Crippen LogP contribution in [0.5, 0.6) is 0 Å². The number of carbonyl (C=O) groups is 2. The molecule has 0 aliphatic rings. The summed E-state index contributed by atoms with van der Waals surface area (Å²) in [6.45, 7) is 2.42. The largest absolute Gasteiger partial charge is 0.326 e. The number of hydrogen-bond donors (Lipinski definition) is 2. The van der Waals surface area contributed by atoms with Crippen molar-refractivity contribution in [2.45, 2.75) is 13.5 Å². The Labute approximate surface area is 151 Å². The van der Waals surface area contributed by atoms with Crippen molar-refractivity contribution in [2.24, 2.45) is 0 Å². The lowest BCUT2D eigenvalue weighted by atomic mass is 10.1. The number of hydrogen-bond acceptors (Lipinski definition) is 2. The molecule has 1 amide bonds. The molecule has 2 aromatic carbocycles. The second kappa shape index (κ2) is 8.29. The van der Waals surface area contributed by atoms with Crippen LogP contribution in [0.2, 0.25) is 10.0 Å². The fraction of sp³-hybridized carbons (Fsp3) is 0.222. The Bertz CT molecular complexity index is 745. The van der Waals surface area contributed by atoms with Gasteiger partial charge in [0, 0.05) is 21.8 Å². The molecule has 4 nitrogen and oxygen atoms in total. The molecule has 2 rings (SSSR count). The average Bonchev–Trinajstić information content (AvgIpc) is 2.50. The minimum Gasteiger partial charge on any atom is -0.326 e. The van der Waals surface area contributed by atoms with Gasteiger partial charge in [-0.15, -0.1) is 0 Å². The minimum absolute atomic E-state index is 0.00287. The van der Waals surface area contributed by atoms with E-state index in [0.29, 0.717) is 34.4 Å². The number of carbonyl (C=O) groups excluding carboxylic acids is 2. The maximum atomic E-state index is 12.1. The second-order valence-corrected chi connectivity index (χ2v) is 6.57. The molecule has 1 unspecified atom stereocenters. The molecule has 24 heavy (non-hydrogen) atoms. The van der Waals surface area contributed by atoms with Crippen LogP contribution >= 0.6 is 23.2 Å². The number of anilines is 1. The van der Waals surface area contributed by atoms with E-state index in [9.17, 15) is 9.59 Å². The third-order valence-corrected chi connectivity index (χ3v) is 4.13. The van der Waals surface area contributed by atoms with Crippen molar-refractivity contribution >= 4 is 40.6 Å². The first kappa shape index (κ1) is 18.5. The summed E-state index contributed by atoms with van der Waals surface area (Å²) in [4.78, 5) is 24.4. The van der Waals surface area contributed by atoms with E-state index in [1.807, 2.05) is 13.1 Å². The predicted octanol–water partition coefficient (Wildman–Crippen LogP) is 2.85. The van der Waals surface area contributed by atoms with Crippen LogP contribution in [0.1, 0.15) is 22.8 Å². The van der Waals surface area contributed by atoms with Gasteiger partial charge in [0.05, 0.1) is 12.1 Å². The number of likely N-dealkylation sites (N-methyl/N-ethyl adjacent to an activating group) is 1. The number of ketones is 1. The van der Waals surface area contributed by atoms with Crippen LogP contribution in [0.15, 0.2) is 42.5 Å². The van der Waals surface area contributed by atoms with Gasteiger partial charge in [-0.1, -0.05) is 29.3 Å². The Balaban J connectivity index is 1.90. The Hall–Kier alpha value is -1.88. The molecule has 0 aromatic heterocycles. The summed E-state index contributed by atoms with van der Waals surface area (Å²) in [6, 6.07) is 12.2. The Morgan fingerprint density at radius 3 is 2.33 bits per heavy atom. The van der Waals surface area contributed by atoms with Gasteiger partial charge in [-0.2, -0.15) is 0 Å². The molecule has 0 fully saturated rings. The van der Waals surface area contributed by atoms with Crippen molar-refractivity contribution in [3.63, 3.8) is 0 Å². The number of Topliss-reactive ketones (excluding diaryl/α,β-unsaturated/α-hetero) is 1. The van der Waals surface area contributed by atoms with Gasteiger partial charge in [0.25, 0.3) is 5.91 Å². The highest BCUT2D eigenvalue weighted by molar-refractivity contribution is 6.35. The van der Waals surface area contributed by atoms with E-state index in [4.69, 9.17) is 23.2 Å². The van der Waals surface area contributed by atoms with E-state index in [2.05, 4.69) is 5.32 Å². The van der Waals surface area contributed by atoms with Gasteiger partial charge in [0.1, 0.15) is 6.54 Å². The maximum Gasteiger partial charge on any atom is 0.279 e. The molecule has 0 heterocycles. The maximum absolute atomic E-state index is 12.1. The molecular formula is C18H19Cl2N2O2+. The fourth-order valence-corrected chi connectivity index (χ4v) is 2.80. The summed E-state index contributed by atoms with van der Waals surface area (Å²) in [5.74, 6) is -0.106. The molecular weight excluding hydrogens is 347 g/mol. The van der Waals surface area contributed by atoms with Gasteiger partial charge < -0.3 is 10.2 Å². The summed E-state index contributed by atoms with van der Waals surface area (Å²) in [7, 11) is 1.92. The Morgan fingerprint density at radius 1 is 1.08 bits per heavy atom. The van der Waals surface area contributed by atoms with E-state index in [0.717, 1.165) is 10.5 Å². The number of benzene rings is 2. The van der Waals surface area contributed by atoms with Crippen LogP contribution in [-0.2, 0) is 11.3 Å². The molecule has 0 saturated carbocycles. The first-order valence-electron chi connectivity index (χ1n) is 7.51. The first-order valence-corrected chi connectivity index (χ1v) is 8.27. The minimum atomic E-state index is -0.104. The zero-order chi connectivity index (χ0) is 17.7. The van der Waals surface area contributed by atoms with E-state index in [-0.39, 0.29) is 11.7 Å². The first-order chi connectivity index (χ1) is 11.3. The van der Waals surface area contributed by atoms with Crippen LogP contribution in [0.4, 0.5) is 5.69 Å². The Kier molecular flexibility index (Phi) is 6.37. The molecule has 2 aromatic rings. The molecule has 0 radical (unpaired) electrons. The van der Waals surface area contributed by atoms with Crippen molar-refractivity contribution in [1.29, 1.82) is 0 Å². The van der Waals surface area contributed by atoms with Crippen LogP contribution < -0.4 is 10.2 Å². The van der Waals surface area contributed by atoms with Crippen molar-refractivity contribution < 1.29 is 14.5 Å². The fourth-order valence-electron chi connectivity index (χ4n) is 2.32. The zero-order valence-corrected chi connectivity index (χ0v) is 15.0. The quantitative estimate of drug-likeness (QED) is 0.773. The van der Waals surface area contributed by atoms with Gasteiger partial charge in [-0.05, 0) is 43.3 Å².